The third-order valence-corrected chi connectivity index (χ3v) is 5.40. The molecular formula is C12H20O6S. The Bertz CT molecular complexity index is 449. The highest BCUT2D eigenvalue weighted by molar-refractivity contribution is 7.91. The second kappa shape index (κ2) is 5.90. The molecule has 1 atom stereocenters. The summed E-state index contributed by atoms with van der Waals surface area (Å²) in [5.74, 6) is -1.95. The van der Waals surface area contributed by atoms with Gasteiger partial charge in [0.05, 0.1) is 38.1 Å². The van der Waals surface area contributed by atoms with E-state index in [1.54, 1.807) is 0 Å². The average Bonchev–Trinajstić information content (AvgIpc) is 3.05. The largest absolute Gasteiger partial charge is 0.469 e. The highest BCUT2D eigenvalue weighted by Gasteiger charge is 2.48. The van der Waals surface area contributed by atoms with Crippen molar-refractivity contribution in [2.45, 2.75) is 26.2 Å². The Morgan fingerprint density at radius 2 is 1.79 bits per heavy atom. The second-order valence-corrected chi connectivity index (χ2v) is 7.34. The summed E-state index contributed by atoms with van der Waals surface area (Å²) >= 11 is 0. The highest BCUT2D eigenvalue weighted by Crippen LogP contribution is 2.50. The van der Waals surface area contributed by atoms with Crippen molar-refractivity contribution in [2.24, 2.45) is 11.3 Å². The molecule has 0 saturated heterocycles. The molecule has 0 bridgehead atoms. The molecule has 0 aliphatic heterocycles. The third-order valence-electron chi connectivity index (χ3n) is 3.34. The Hall–Kier alpha value is -1.11. The lowest BCUT2D eigenvalue weighted by atomic mass is 10.1. The lowest BCUT2D eigenvalue weighted by Gasteiger charge is -2.15. The second-order valence-electron chi connectivity index (χ2n) is 5.23. The molecule has 0 amide bonds. The van der Waals surface area contributed by atoms with Gasteiger partial charge in [-0.15, -0.1) is 0 Å². The van der Waals surface area contributed by atoms with Gasteiger partial charge < -0.3 is 9.47 Å². The molecule has 1 unspecified atom stereocenters. The van der Waals surface area contributed by atoms with Gasteiger partial charge in [0.25, 0.3) is 0 Å². The lowest BCUT2D eigenvalue weighted by Crippen LogP contribution is -2.28. The van der Waals surface area contributed by atoms with Crippen LogP contribution in [0, 0.1) is 11.3 Å². The summed E-state index contributed by atoms with van der Waals surface area (Å²) in [5.41, 5.74) is -0.484. The molecule has 19 heavy (non-hydrogen) atoms. The molecule has 1 saturated carbocycles. The maximum absolute atomic E-state index is 12.0. The van der Waals surface area contributed by atoms with Gasteiger partial charge in [0, 0.05) is 0 Å². The average molecular weight is 292 g/mol. The van der Waals surface area contributed by atoms with Crippen molar-refractivity contribution in [3.8, 4) is 0 Å². The minimum atomic E-state index is -3.39. The van der Waals surface area contributed by atoms with E-state index in [2.05, 4.69) is 9.47 Å². The first-order valence-corrected chi connectivity index (χ1v) is 7.91. The number of sulfone groups is 1. The zero-order chi connectivity index (χ0) is 14.7. The first kappa shape index (κ1) is 15.9. The maximum Gasteiger partial charge on any atom is 0.309 e. The maximum atomic E-state index is 12.0. The standard InChI is InChI=1S/C12H20O6S/c1-9(11(14)18-3)7-19(15,16)8-12(4-5-12)6-10(13)17-2/h9H,4-8H2,1-3H3. The van der Waals surface area contributed by atoms with Crippen LogP contribution in [0.4, 0.5) is 0 Å². The fourth-order valence-electron chi connectivity index (χ4n) is 2.10. The van der Waals surface area contributed by atoms with Gasteiger partial charge in [0.1, 0.15) is 0 Å². The van der Waals surface area contributed by atoms with E-state index < -0.39 is 33.1 Å². The van der Waals surface area contributed by atoms with Crippen molar-refractivity contribution >= 4 is 21.8 Å². The van der Waals surface area contributed by atoms with Gasteiger partial charge in [-0.2, -0.15) is 0 Å². The number of carbonyl (C=O) groups excluding carboxylic acids is 2. The topological polar surface area (TPSA) is 86.7 Å². The monoisotopic (exact) mass is 292 g/mol. The van der Waals surface area contributed by atoms with Crippen molar-refractivity contribution in [2.75, 3.05) is 25.7 Å². The van der Waals surface area contributed by atoms with E-state index >= 15 is 0 Å². The Morgan fingerprint density at radius 1 is 1.21 bits per heavy atom. The molecule has 110 valence electrons. The smallest absolute Gasteiger partial charge is 0.309 e. The summed E-state index contributed by atoms with van der Waals surface area (Å²) in [6.07, 6.45) is 1.53. The van der Waals surface area contributed by atoms with Crippen molar-refractivity contribution in [3.05, 3.63) is 0 Å². The molecule has 0 radical (unpaired) electrons. The Balaban J connectivity index is 2.60. The summed E-state index contributed by atoms with van der Waals surface area (Å²) in [6, 6.07) is 0. The van der Waals surface area contributed by atoms with Crippen LogP contribution in [0.2, 0.25) is 0 Å². The van der Waals surface area contributed by atoms with Crippen molar-refractivity contribution in [1.29, 1.82) is 0 Å². The summed E-state index contributed by atoms with van der Waals surface area (Å²) < 4.78 is 33.1. The summed E-state index contributed by atoms with van der Waals surface area (Å²) in [7, 11) is -0.882. The summed E-state index contributed by atoms with van der Waals surface area (Å²) in [6.45, 7) is 1.52. The van der Waals surface area contributed by atoms with E-state index in [1.165, 1.54) is 21.1 Å². The number of esters is 2. The molecule has 0 aromatic carbocycles. The number of ether oxygens (including phenoxy) is 2. The Kier molecular flexibility index (Phi) is 4.95. The summed E-state index contributed by atoms with van der Waals surface area (Å²) in [4.78, 5) is 22.5. The van der Waals surface area contributed by atoms with Crippen LogP contribution in [0.3, 0.4) is 0 Å². The zero-order valence-electron chi connectivity index (χ0n) is 11.5. The molecule has 1 rings (SSSR count). The minimum absolute atomic E-state index is 0.0730. The van der Waals surface area contributed by atoms with Crippen LogP contribution < -0.4 is 0 Å². The minimum Gasteiger partial charge on any atom is -0.469 e. The number of hydrogen-bond acceptors (Lipinski definition) is 6. The van der Waals surface area contributed by atoms with Crippen molar-refractivity contribution in [3.63, 3.8) is 0 Å². The van der Waals surface area contributed by atoms with Gasteiger partial charge in [-0.3, -0.25) is 9.59 Å². The molecule has 0 aromatic rings. The van der Waals surface area contributed by atoms with Gasteiger partial charge in [0.2, 0.25) is 0 Å². The summed E-state index contributed by atoms with van der Waals surface area (Å²) in [5, 5.41) is 0. The highest BCUT2D eigenvalue weighted by atomic mass is 32.2. The number of rotatable bonds is 7. The Labute approximate surface area is 113 Å². The fraction of sp³-hybridized carbons (Fsp3) is 0.833. The molecular weight excluding hydrogens is 272 g/mol. The zero-order valence-corrected chi connectivity index (χ0v) is 12.3. The third kappa shape index (κ3) is 4.81. The van der Waals surface area contributed by atoms with E-state index in [0.717, 1.165) is 0 Å². The molecule has 6 nitrogen and oxygen atoms in total. The quantitative estimate of drug-likeness (QED) is 0.637. The fourth-order valence-corrected chi connectivity index (χ4v) is 4.44. The van der Waals surface area contributed by atoms with E-state index in [9.17, 15) is 18.0 Å². The molecule has 1 aliphatic carbocycles. The van der Waals surface area contributed by atoms with Gasteiger partial charge >= 0.3 is 11.9 Å². The van der Waals surface area contributed by atoms with Gasteiger partial charge in [-0.05, 0) is 18.3 Å². The van der Waals surface area contributed by atoms with Gasteiger partial charge in [-0.25, -0.2) is 8.42 Å². The van der Waals surface area contributed by atoms with Crippen LogP contribution in [-0.2, 0) is 28.9 Å². The van der Waals surface area contributed by atoms with Crippen LogP contribution in [0.1, 0.15) is 26.2 Å². The number of carbonyl (C=O) groups is 2. The molecule has 1 fully saturated rings. The SMILES string of the molecule is COC(=O)CC1(CS(=O)(=O)CC(C)C(=O)OC)CC1. The van der Waals surface area contributed by atoms with E-state index in [0.29, 0.717) is 12.8 Å². The number of hydrogen-bond donors (Lipinski definition) is 0. The Morgan fingerprint density at radius 3 is 2.21 bits per heavy atom. The van der Waals surface area contributed by atoms with Crippen molar-refractivity contribution in [1.82, 2.24) is 0 Å². The molecule has 7 heteroatoms. The first-order valence-electron chi connectivity index (χ1n) is 6.09. The molecule has 0 heterocycles. The van der Waals surface area contributed by atoms with Gasteiger partial charge in [-0.1, -0.05) is 6.92 Å². The predicted molar refractivity (Wildman–Crippen MR) is 68.1 cm³/mol. The first-order chi connectivity index (χ1) is 8.73. The van der Waals surface area contributed by atoms with Crippen LogP contribution in [0.25, 0.3) is 0 Å². The van der Waals surface area contributed by atoms with Crippen LogP contribution in [-0.4, -0.2) is 46.1 Å². The molecule has 0 spiro atoms. The van der Waals surface area contributed by atoms with Crippen molar-refractivity contribution < 1.29 is 27.5 Å². The van der Waals surface area contributed by atoms with Crippen LogP contribution in [0.15, 0.2) is 0 Å². The molecule has 0 N–H and O–H groups in total. The van der Waals surface area contributed by atoms with E-state index in [4.69, 9.17) is 0 Å². The van der Waals surface area contributed by atoms with Crippen LogP contribution in [0.5, 0.6) is 0 Å². The van der Waals surface area contributed by atoms with Crippen LogP contribution >= 0.6 is 0 Å². The number of methoxy groups -OCH3 is 2. The predicted octanol–water partition coefficient (Wildman–Crippen LogP) is 0.554. The molecule has 1 aliphatic rings. The molecule has 0 aromatic heterocycles. The van der Waals surface area contributed by atoms with E-state index in [-0.39, 0.29) is 17.9 Å². The van der Waals surface area contributed by atoms with Gasteiger partial charge in [0.15, 0.2) is 9.84 Å². The van der Waals surface area contributed by atoms with E-state index in [1.807, 2.05) is 0 Å². The normalized spacial score (nSPS) is 18.5. The lowest BCUT2D eigenvalue weighted by molar-refractivity contribution is -0.144.